The molecule has 0 fully saturated rings. The van der Waals surface area contributed by atoms with E-state index in [2.05, 4.69) is 5.32 Å². The Hall–Kier alpha value is -4.59. The van der Waals surface area contributed by atoms with Crippen LogP contribution in [0.2, 0.25) is 0 Å². The molecule has 0 aromatic heterocycles. The van der Waals surface area contributed by atoms with Crippen LogP contribution in [0.1, 0.15) is 21.5 Å². The van der Waals surface area contributed by atoms with Gasteiger partial charge in [-0.25, -0.2) is 0 Å². The van der Waals surface area contributed by atoms with Crippen LogP contribution in [0.25, 0.3) is 12.2 Å². The molecule has 0 spiro atoms. The van der Waals surface area contributed by atoms with Crippen molar-refractivity contribution in [2.75, 3.05) is 48.0 Å². The monoisotopic (exact) mass is 505 g/mol. The van der Waals surface area contributed by atoms with E-state index in [4.69, 9.17) is 28.4 Å². The molecule has 0 aliphatic rings. The lowest BCUT2D eigenvalue weighted by molar-refractivity contribution is 0.104. The highest BCUT2D eigenvalue weighted by Gasteiger charge is 2.16. The molecule has 0 amide bonds. The molecule has 3 rings (SSSR count). The Morgan fingerprint density at radius 1 is 0.622 bits per heavy atom. The second kappa shape index (κ2) is 12.9. The number of carbonyl (C=O) groups excluding carboxylic acids is 1. The minimum Gasteiger partial charge on any atom is -0.493 e. The summed E-state index contributed by atoms with van der Waals surface area (Å²) in [6, 6.07) is 14.8. The van der Waals surface area contributed by atoms with Gasteiger partial charge in [-0.05, 0) is 47.5 Å². The Balaban J connectivity index is 1.67. The molecule has 37 heavy (non-hydrogen) atoms. The third-order valence-electron chi connectivity index (χ3n) is 5.50. The van der Waals surface area contributed by atoms with E-state index < -0.39 is 0 Å². The Morgan fingerprint density at radius 2 is 1.08 bits per heavy atom. The smallest absolute Gasteiger partial charge is 0.203 e. The predicted octanol–water partition coefficient (Wildman–Crippen LogP) is 5.72. The third-order valence-corrected chi connectivity index (χ3v) is 5.50. The Kier molecular flexibility index (Phi) is 9.43. The Bertz CT molecular complexity index is 1230. The van der Waals surface area contributed by atoms with Gasteiger partial charge in [-0.15, -0.1) is 0 Å². The zero-order valence-corrected chi connectivity index (χ0v) is 21.8. The molecule has 0 bridgehead atoms. The first-order valence-corrected chi connectivity index (χ1v) is 11.3. The molecule has 0 saturated heterocycles. The van der Waals surface area contributed by atoms with Gasteiger partial charge >= 0.3 is 0 Å². The Morgan fingerprint density at radius 3 is 1.54 bits per heavy atom. The Labute approximate surface area is 217 Å². The maximum absolute atomic E-state index is 12.7. The van der Waals surface area contributed by atoms with Crippen molar-refractivity contribution < 1.29 is 33.2 Å². The molecule has 1 N–H and O–H groups in total. The van der Waals surface area contributed by atoms with Gasteiger partial charge in [0.2, 0.25) is 11.5 Å². The molecule has 8 nitrogen and oxygen atoms in total. The van der Waals surface area contributed by atoms with Gasteiger partial charge in [-0.2, -0.15) is 0 Å². The highest BCUT2D eigenvalue weighted by Crippen LogP contribution is 2.39. The summed E-state index contributed by atoms with van der Waals surface area (Å²) in [5.41, 5.74) is 3.15. The fraction of sp³-hybridized carbons (Fsp3) is 0.207. The summed E-state index contributed by atoms with van der Waals surface area (Å²) in [6.07, 6.45) is 6.97. The van der Waals surface area contributed by atoms with Crippen LogP contribution < -0.4 is 33.7 Å². The van der Waals surface area contributed by atoms with Gasteiger partial charge in [-0.1, -0.05) is 24.3 Å². The van der Waals surface area contributed by atoms with Gasteiger partial charge in [0.1, 0.15) is 0 Å². The number of ketones is 1. The van der Waals surface area contributed by atoms with Crippen LogP contribution in [-0.2, 0) is 0 Å². The van der Waals surface area contributed by atoms with Crippen LogP contribution in [0, 0.1) is 0 Å². The van der Waals surface area contributed by atoms with Crippen molar-refractivity contribution in [2.24, 2.45) is 0 Å². The molecule has 3 aromatic carbocycles. The fourth-order valence-corrected chi connectivity index (χ4v) is 3.61. The first-order valence-electron chi connectivity index (χ1n) is 11.3. The molecule has 0 unspecified atom stereocenters. The van der Waals surface area contributed by atoms with Crippen LogP contribution in [-0.4, -0.2) is 48.4 Å². The maximum Gasteiger partial charge on any atom is 0.203 e. The number of rotatable bonds is 12. The number of benzene rings is 3. The molecule has 3 aromatic rings. The van der Waals surface area contributed by atoms with E-state index in [0.29, 0.717) is 40.1 Å². The average molecular weight is 506 g/mol. The minimum absolute atomic E-state index is 0.211. The van der Waals surface area contributed by atoms with Gasteiger partial charge < -0.3 is 33.7 Å². The van der Waals surface area contributed by atoms with Gasteiger partial charge in [0.15, 0.2) is 28.8 Å². The van der Waals surface area contributed by atoms with Gasteiger partial charge in [-0.3, -0.25) is 4.79 Å². The lowest BCUT2D eigenvalue weighted by Crippen LogP contribution is -2.01. The van der Waals surface area contributed by atoms with E-state index in [1.807, 2.05) is 48.6 Å². The predicted molar refractivity (Wildman–Crippen MR) is 145 cm³/mol. The second-order valence-electron chi connectivity index (χ2n) is 7.67. The fourth-order valence-electron chi connectivity index (χ4n) is 3.61. The minimum atomic E-state index is -0.211. The van der Waals surface area contributed by atoms with Crippen molar-refractivity contribution >= 4 is 23.6 Å². The molecule has 194 valence electrons. The van der Waals surface area contributed by atoms with Crippen molar-refractivity contribution in [3.05, 3.63) is 77.5 Å². The normalized spacial score (nSPS) is 10.9. The van der Waals surface area contributed by atoms with E-state index in [-0.39, 0.29) is 5.78 Å². The molecular formula is C29H31NO7. The van der Waals surface area contributed by atoms with E-state index in [9.17, 15) is 4.79 Å². The standard InChI is InChI=1S/C29H31NO7/c1-32-24-15-20(16-25(33-2)28(24)36-5)8-7-19-9-11-22(12-10-19)30-14-13-23(31)21-17-26(34-3)29(37-6)27(18-21)35-4/h7-18,30H,1-6H3. The van der Waals surface area contributed by atoms with Crippen molar-refractivity contribution in [3.8, 4) is 34.5 Å². The molecule has 0 saturated carbocycles. The van der Waals surface area contributed by atoms with Crippen LogP contribution in [0.15, 0.2) is 60.8 Å². The number of methoxy groups -OCH3 is 6. The summed E-state index contributed by atoms with van der Waals surface area (Å²) >= 11 is 0. The number of ether oxygens (including phenoxy) is 6. The highest BCUT2D eigenvalue weighted by atomic mass is 16.5. The molecule has 0 heterocycles. The molecule has 0 aliphatic heterocycles. The number of anilines is 1. The van der Waals surface area contributed by atoms with E-state index in [1.54, 1.807) is 39.7 Å². The number of hydrogen-bond acceptors (Lipinski definition) is 8. The van der Waals surface area contributed by atoms with Crippen LogP contribution in [0.4, 0.5) is 5.69 Å². The van der Waals surface area contributed by atoms with Crippen molar-refractivity contribution in [2.45, 2.75) is 0 Å². The number of nitrogens with one attached hydrogen (secondary N) is 1. The second-order valence-corrected chi connectivity index (χ2v) is 7.67. The summed E-state index contributed by atoms with van der Waals surface area (Å²) < 4.78 is 32.1. The van der Waals surface area contributed by atoms with Crippen LogP contribution in [0.5, 0.6) is 34.5 Å². The van der Waals surface area contributed by atoms with Gasteiger partial charge in [0, 0.05) is 23.5 Å². The summed E-state index contributed by atoms with van der Waals surface area (Å²) in [5, 5.41) is 3.11. The topological polar surface area (TPSA) is 84.5 Å². The third kappa shape index (κ3) is 6.55. The largest absolute Gasteiger partial charge is 0.493 e. The van der Waals surface area contributed by atoms with Crippen molar-refractivity contribution in [3.63, 3.8) is 0 Å². The van der Waals surface area contributed by atoms with Gasteiger partial charge in [0.25, 0.3) is 0 Å². The van der Waals surface area contributed by atoms with E-state index >= 15 is 0 Å². The van der Waals surface area contributed by atoms with E-state index in [1.165, 1.54) is 27.4 Å². The molecular weight excluding hydrogens is 474 g/mol. The molecule has 8 heteroatoms. The SMILES string of the molecule is COc1cc(C=Cc2ccc(NC=CC(=O)c3cc(OC)c(OC)c(OC)c3)cc2)cc(OC)c1OC. The van der Waals surface area contributed by atoms with Crippen molar-refractivity contribution in [1.29, 1.82) is 0 Å². The number of allylic oxidation sites excluding steroid dienone is 1. The first-order chi connectivity index (χ1) is 18.0. The quantitative estimate of drug-likeness (QED) is 0.190. The summed E-state index contributed by atoms with van der Waals surface area (Å²) in [5.74, 6) is 2.79. The average Bonchev–Trinajstić information content (AvgIpc) is 2.94. The summed E-state index contributed by atoms with van der Waals surface area (Å²) in [6.45, 7) is 0. The number of carbonyl (C=O) groups is 1. The molecule has 0 aliphatic carbocycles. The zero-order chi connectivity index (χ0) is 26.8. The van der Waals surface area contributed by atoms with Crippen LogP contribution >= 0.6 is 0 Å². The molecule has 0 radical (unpaired) electrons. The van der Waals surface area contributed by atoms with E-state index in [0.717, 1.165) is 16.8 Å². The van der Waals surface area contributed by atoms with Crippen molar-refractivity contribution in [1.82, 2.24) is 0 Å². The lowest BCUT2D eigenvalue weighted by Gasteiger charge is -2.13. The number of hydrogen-bond donors (Lipinski definition) is 1. The first kappa shape index (κ1) is 27.0. The highest BCUT2D eigenvalue weighted by molar-refractivity contribution is 6.05. The summed E-state index contributed by atoms with van der Waals surface area (Å²) in [7, 11) is 9.27. The molecule has 0 atom stereocenters. The maximum atomic E-state index is 12.7. The lowest BCUT2D eigenvalue weighted by atomic mass is 10.1. The van der Waals surface area contributed by atoms with Crippen LogP contribution in [0.3, 0.4) is 0 Å². The van der Waals surface area contributed by atoms with Gasteiger partial charge in [0.05, 0.1) is 42.7 Å². The summed E-state index contributed by atoms with van der Waals surface area (Å²) in [4.78, 5) is 12.7. The zero-order valence-electron chi connectivity index (χ0n) is 21.8.